The smallest absolute Gasteiger partial charge is 0.315 e. The van der Waals surface area contributed by atoms with Gasteiger partial charge in [0.25, 0.3) is 0 Å². The predicted molar refractivity (Wildman–Crippen MR) is 78.0 cm³/mol. The molecule has 2 heterocycles. The Morgan fingerprint density at radius 2 is 1.95 bits per heavy atom. The third kappa shape index (κ3) is 3.67. The first-order chi connectivity index (χ1) is 10.1. The number of piperidine rings is 1. The first-order valence-corrected chi connectivity index (χ1v) is 8.16. The number of fused-ring (bicyclic) bond motifs is 1. The Morgan fingerprint density at radius 3 is 2.67 bits per heavy atom. The normalized spacial score (nSPS) is 30.5. The highest BCUT2D eigenvalue weighted by atomic mass is 16.4. The zero-order valence-corrected chi connectivity index (χ0v) is 12.4. The van der Waals surface area contributed by atoms with Crippen molar-refractivity contribution in [2.24, 2.45) is 5.92 Å². The van der Waals surface area contributed by atoms with Gasteiger partial charge in [0.05, 0.1) is 6.42 Å². The molecule has 3 rings (SSSR count). The third-order valence-electron chi connectivity index (χ3n) is 5.07. The van der Waals surface area contributed by atoms with E-state index in [1.807, 2.05) is 0 Å². The Morgan fingerprint density at radius 1 is 1.14 bits per heavy atom. The molecule has 0 aromatic rings. The number of rotatable bonds is 5. The molecule has 6 heteroatoms. The minimum Gasteiger partial charge on any atom is -0.481 e. The summed E-state index contributed by atoms with van der Waals surface area (Å²) < 4.78 is 0. The van der Waals surface area contributed by atoms with Crippen LogP contribution in [-0.4, -0.2) is 53.2 Å². The standard InChI is InChI=1S/C15H25N3O3/c19-14(20)9-12(10-4-5-10)17-15(21)16-11-6-8-18-7-2-1-3-13(11)18/h10-13H,1-9H2,(H,19,20)(H2,16,17,21). The number of carbonyl (C=O) groups excluding carboxylic acids is 1. The van der Waals surface area contributed by atoms with Crippen LogP contribution in [0.1, 0.15) is 44.9 Å². The maximum absolute atomic E-state index is 12.2. The van der Waals surface area contributed by atoms with Crippen molar-refractivity contribution in [1.82, 2.24) is 15.5 Å². The fraction of sp³-hybridized carbons (Fsp3) is 0.867. The maximum atomic E-state index is 12.2. The third-order valence-corrected chi connectivity index (χ3v) is 5.07. The molecule has 0 radical (unpaired) electrons. The lowest BCUT2D eigenvalue weighted by Crippen LogP contribution is -2.52. The molecular weight excluding hydrogens is 270 g/mol. The Bertz CT molecular complexity index is 411. The van der Waals surface area contributed by atoms with Crippen LogP contribution in [0.2, 0.25) is 0 Å². The van der Waals surface area contributed by atoms with Gasteiger partial charge in [-0.3, -0.25) is 9.69 Å². The SMILES string of the molecule is O=C(O)CC(NC(=O)NC1CCN2CCCCC12)C1CC1. The van der Waals surface area contributed by atoms with Crippen LogP contribution in [0, 0.1) is 5.92 Å². The summed E-state index contributed by atoms with van der Waals surface area (Å²) in [4.78, 5) is 25.5. The quantitative estimate of drug-likeness (QED) is 0.711. The molecule has 1 saturated carbocycles. The number of urea groups is 1. The Labute approximate surface area is 125 Å². The summed E-state index contributed by atoms with van der Waals surface area (Å²) in [6, 6.07) is 0.287. The number of nitrogens with zero attached hydrogens (tertiary/aromatic N) is 1. The van der Waals surface area contributed by atoms with Crippen LogP contribution in [0.3, 0.4) is 0 Å². The molecule has 3 fully saturated rings. The molecule has 3 unspecified atom stereocenters. The van der Waals surface area contributed by atoms with Crippen LogP contribution in [0.25, 0.3) is 0 Å². The van der Waals surface area contributed by atoms with Gasteiger partial charge in [-0.2, -0.15) is 0 Å². The van der Waals surface area contributed by atoms with Gasteiger partial charge in [0, 0.05) is 24.7 Å². The second-order valence-electron chi connectivity index (χ2n) is 6.65. The fourth-order valence-corrected chi connectivity index (χ4v) is 3.82. The first kappa shape index (κ1) is 14.6. The van der Waals surface area contributed by atoms with Gasteiger partial charge in [-0.15, -0.1) is 0 Å². The Kier molecular flexibility index (Phi) is 4.33. The first-order valence-electron chi connectivity index (χ1n) is 8.16. The molecule has 0 bridgehead atoms. The summed E-state index contributed by atoms with van der Waals surface area (Å²) in [6.07, 6.45) is 6.74. The number of nitrogens with one attached hydrogen (secondary N) is 2. The molecule has 2 saturated heterocycles. The number of carboxylic acid groups (broad SMARTS) is 1. The van der Waals surface area contributed by atoms with Crippen LogP contribution in [0.4, 0.5) is 4.79 Å². The number of amides is 2. The molecule has 2 aliphatic heterocycles. The lowest BCUT2D eigenvalue weighted by molar-refractivity contribution is -0.137. The second-order valence-corrected chi connectivity index (χ2v) is 6.65. The molecular formula is C15H25N3O3. The van der Waals surface area contributed by atoms with Gasteiger partial charge < -0.3 is 15.7 Å². The predicted octanol–water partition coefficient (Wildman–Crippen LogP) is 1.17. The second kappa shape index (κ2) is 6.22. The Balaban J connectivity index is 1.50. The molecule has 0 spiro atoms. The molecule has 1 aliphatic carbocycles. The summed E-state index contributed by atoms with van der Waals surface area (Å²) in [7, 11) is 0. The summed E-state index contributed by atoms with van der Waals surface area (Å²) in [5, 5.41) is 14.9. The lowest BCUT2D eigenvalue weighted by atomic mass is 9.99. The van der Waals surface area contributed by atoms with E-state index in [0.717, 1.165) is 38.8 Å². The highest BCUT2D eigenvalue weighted by Crippen LogP contribution is 2.34. The van der Waals surface area contributed by atoms with Crippen molar-refractivity contribution in [3.8, 4) is 0 Å². The van der Waals surface area contributed by atoms with Crippen molar-refractivity contribution in [3.63, 3.8) is 0 Å². The van der Waals surface area contributed by atoms with Crippen LogP contribution in [0.5, 0.6) is 0 Å². The van der Waals surface area contributed by atoms with Crippen LogP contribution in [-0.2, 0) is 4.79 Å². The molecule has 0 aromatic carbocycles. The van der Waals surface area contributed by atoms with E-state index < -0.39 is 5.97 Å². The fourth-order valence-electron chi connectivity index (χ4n) is 3.82. The summed E-state index contributed by atoms with van der Waals surface area (Å²) in [5.41, 5.74) is 0. The van der Waals surface area contributed by atoms with E-state index in [4.69, 9.17) is 5.11 Å². The zero-order chi connectivity index (χ0) is 14.8. The van der Waals surface area contributed by atoms with Crippen molar-refractivity contribution in [2.45, 2.75) is 63.1 Å². The number of hydrogen-bond acceptors (Lipinski definition) is 3. The van der Waals surface area contributed by atoms with E-state index in [1.54, 1.807) is 0 Å². The van der Waals surface area contributed by atoms with E-state index in [9.17, 15) is 9.59 Å². The maximum Gasteiger partial charge on any atom is 0.315 e. The molecule has 21 heavy (non-hydrogen) atoms. The van der Waals surface area contributed by atoms with Gasteiger partial charge in [0.15, 0.2) is 0 Å². The molecule has 118 valence electrons. The molecule has 2 amide bonds. The van der Waals surface area contributed by atoms with Gasteiger partial charge in [-0.05, 0) is 44.6 Å². The van der Waals surface area contributed by atoms with Crippen molar-refractivity contribution >= 4 is 12.0 Å². The average Bonchev–Trinajstić information content (AvgIpc) is 3.21. The van der Waals surface area contributed by atoms with Gasteiger partial charge in [-0.1, -0.05) is 6.42 Å². The van der Waals surface area contributed by atoms with E-state index in [-0.39, 0.29) is 24.5 Å². The number of aliphatic carboxylic acids is 1. The van der Waals surface area contributed by atoms with Gasteiger partial charge in [0.1, 0.15) is 0 Å². The van der Waals surface area contributed by atoms with E-state index in [1.165, 1.54) is 12.8 Å². The molecule has 3 atom stereocenters. The minimum atomic E-state index is -0.841. The van der Waals surface area contributed by atoms with E-state index in [0.29, 0.717) is 12.0 Å². The molecule has 3 aliphatic rings. The Hall–Kier alpha value is -1.30. The molecule has 0 aromatic heterocycles. The molecule has 3 N–H and O–H groups in total. The summed E-state index contributed by atoms with van der Waals surface area (Å²) >= 11 is 0. The highest BCUT2D eigenvalue weighted by Gasteiger charge is 2.38. The monoisotopic (exact) mass is 295 g/mol. The summed E-state index contributed by atoms with van der Waals surface area (Å²) in [6.45, 7) is 2.21. The van der Waals surface area contributed by atoms with Gasteiger partial charge >= 0.3 is 12.0 Å². The van der Waals surface area contributed by atoms with Crippen molar-refractivity contribution in [2.75, 3.05) is 13.1 Å². The van der Waals surface area contributed by atoms with Crippen molar-refractivity contribution in [3.05, 3.63) is 0 Å². The highest BCUT2D eigenvalue weighted by molar-refractivity contribution is 5.76. The number of carbonyl (C=O) groups is 2. The lowest BCUT2D eigenvalue weighted by Gasteiger charge is -2.32. The van der Waals surface area contributed by atoms with Crippen LogP contribution >= 0.6 is 0 Å². The van der Waals surface area contributed by atoms with E-state index >= 15 is 0 Å². The summed E-state index contributed by atoms with van der Waals surface area (Å²) in [5.74, 6) is -0.492. The topological polar surface area (TPSA) is 81.7 Å². The number of carboxylic acids is 1. The minimum absolute atomic E-state index is 0.0261. The largest absolute Gasteiger partial charge is 0.481 e. The van der Waals surface area contributed by atoms with Crippen molar-refractivity contribution < 1.29 is 14.7 Å². The molecule has 6 nitrogen and oxygen atoms in total. The number of hydrogen-bond donors (Lipinski definition) is 3. The average molecular weight is 295 g/mol. The zero-order valence-electron chi connectivity index (χ0n) is 12.4. The van der Waals surface area contributed by atoms with E-state index in [2.05, 4.69) is 15.5 Å². The van der Waals surface area contributed by atoms with Crippen molar-refractivity contribution in [1.29, 1.82) is 0 Å². The van der Waals surface area contributed by atoms with Crippen LogP contribution < -0.4 is 10.6 Å². The van der Waals surface area contributed by atoms with Crippen LogP contribution in [0.15, 0.2) is 0 Å². The van der Waals surface area contributed by atoms with Gasteiger partial charge in [-0.25, -0.2) is 4.79 Å². The van der Waals surface area contributed by atoms with Gasteiger partial charge in [0.2, 0.25) is 0 Å².